The zero-order chi connectivity index (χ0) is 29.1. The summed E-state index contributed by atoms with van der Waals surface area (Å²) in [6, 6.07) is 19.4. The van der Waals surface area contributed by atoms with Gasteiger partial charge in [0, 0.05) is 54.8 Å². The number of methoxy groups -OCH3 is 1. The number of rotatable bonds is 9. The fraction of sp³-hybridized carbons (Fsp3) is 0.152. The molecule has 42 heavy (non-hydrogen) atoms. The van der Waals surface area contributed by atoms with Crippen molar-refractivity contribution in [3.8, 4) is 28.0 Å². The summed E-state index contributed by atoms with van der Waals surface area (Å²) in [6.07, 6.45) is 6.74. The van der Waals surface area contributed by atoms with Gasteiger partial charge in [0.05, 0.1) is 12.6 Å². The molecule has 0 fully saturated rings. The first-order valence-corrected chi connectivity index (χ1v) is 13.6. The second-order valence-electron chi connectivity index (χ2n) is 9.99. The van der Waals surface area contributed by atoms with Gasteiger partial charge in [-0.2, -0.15) is 5.10 Å². The zero-order valence-corrected chi connectivity index (χ0v) is 23.6. The van der Waals surface area contributed by atoms with E-state index in [1.807, 2.05) is 42.5 Å². The summed E-state index contributed by atoms with van der Waals surface area (Å²) < 4.78 is 21.1. The minimum Gasteiger partial charge on any atom is -0.496 e. The Labute approximate surface area is 243 Å². The molecule has 0 atom stereocenters. The molecular formula is C33H30FN7O. The van der Waals surface area contributed by atoms with Crippen molar-refractivity contribution in [1.82, 2.24) is 30.5 Å². The first-order chi connectivity index (χ1) is 20.5. The van der Waals surface area contributed by atoms with Gasteiger partial charge in [0.15, 0.2) is 5.82 Å². The summed E-state index contributed by atoms with van der Waals surface area (Å²) in [5.74, 6) is 0.826. The predicted molar refractivity (Wildman–Crippen MR) is 163 cm³/mol. The number of pyridine rings is 1. The summed E-state index contributed by atoms with van der Waals surface area (Å²) in [5.41, 5.74) is 9.72. The number of benzene rings is 3. The summed E-state index contributed by atoms with van der Waals surface area (Å²) in [7, 11) is 1.57. The molecule has 0 bridgehead atoms. The second-order valence-corrected chi connectivity index (χ2v) is 9.99. The maximum absolute atomic E-state index is 15.5. The quantitative estimate of drug-likeness (QED) is 0.178. The summed E-state index contributed by atoms with van der Waals surface area (Å²) in [6.45, 7) is 5.01. The Kier molecular flexibility index (Phi) is 7.57. The number of hydrogen-bond donors (Lipinski definition) is 3. The van der Waals surface area contributed by atoms with E-state index in [0.29, 0.717) is 35.7 Å². The van der Waals surface area contributed by atoms with Crippen LogP contribution in [0.3, 0.4) is 0 Å². The molecule has 9 heteroatoms. The number of anilines is 2. The third kappa shape index (κ3) is 5.29. The highest BCUT2D eigenvalue weighted by molar-refractivity contribution is 5.89. The maximum Gasteiger partial charge on any atom is 0.158 e. The van der Waals surface area contributed by atoms with Crippen molar-refractivity contribution in [3.63, 3.8) is 0 Å². The van der Waals surface area contributed by atoms with Gasteiger partial charge >= 0.3 is 0 Å². The van der Waals surface area contributed by atoms with Gasteiger partial charge in [-0.05, 0) is 77.6 Å². The summed E-state index contributed by atoms with van der Waals surface area (Å²) in [5, 5.41) is 13.5. The normalized spacial score (nSPS) is 11.1. The molecule has 0 aliphatic rings. The number of nitrogens with zero attached hydrogens (tertiary/aromatic N) is 4. The van der Waals surface area contributed by atoms with Crippen molar-refractivity contribution < 1.29 is 9.13 Å². The third-order valence-electron chi connectivity index (χ3n) is 7.46. The van der Waals surface area contributed by atoms with Gasteiger partial charge in [0.25, 0.3) is 0 Å². The van der Waals surface area contributed by atoms with Crippen molar-refractivity contribution in [2.24, 2.45) is 0 Å². The molecule has 3 heterocycles. The van der Waals surface area contributed by atoms with Gasteiger partial charge in [-0.1, -0.05) is 30.3 Å². The monoisotopic (exact) mass is 559 g/mol. The Balaban J connectivity index is 1.32. The van der Waals surface area contributed by atoms with Crippen LogP contribution >= 0.6 is 0 Å². The van der Waals surface area contributed by atoms with E-state index in [9.17, 15) is 0 Å². The van der Waals surface area contributed by atoms with E-state index in [4.69, 9.17) is 4.74 Å². The number of aromatic nitrogens is 5. The fourth-order valence-electron chi connectivity index (χ4n) is 5.24. The molecule has 210 valence electrons. The molecule has 8 nitrogen and oxygen atoms in total. The van der Waals surface area contributed by atoms with Crippen LogP contribution < -0.4 is 15.4 Å². The van der Waals surface area contributed by atoms with Crippen LogP contribution in [-0.4, -0.2) is 32.3 Å². The highest BCUT2D eigenvalue weighted by Crippen LogP contribution is 2.38. The van der Waals surface area contributed by atoms with Crippen molar-refractivity contribution in [2.45, 2.75) is 26.9 Å². The lowest BCUT2D eigenvalue weighted by atomic mass is 9.90. The van der Waals surface area contributed by atoms with E-state index >= 15 is 4.39 Å². The molecular weight excluding hydrogens is 529 g/mol. The van der Waals surface area contributed by atoms with Crippen molar-refractivity contribution >= 4 is 22.5 Å². The summed E-state index contributed by atoms with van der Waals surface area (Å²) in [4.78, 5) is 13.4. The lowest BCUT2D eigenvalue weighted by Gasteiger charge is -2.18. The largest absolute Gasteiger partial charge is 0.496 e. The molecule has 6 aromatic rings. The van der Waals surface area contributed by atoms with Crippen LogP contribution in [0.1, 0.15) is 22.4 Å². The standard InChI is InChI=1S/C33H30FN7O/c1-20-24(22-16-28(34)27(31(17-22)42-3)19-35-18-23-10-13-39-41-23)6-4-7-25(20)26-8-5-9-29(21(26)2)40-33-32-30(11-12-38-33)36-14-15-37-32/h4-17,35H,18-19H2,1-3H3,(H,38,40)(H,39,41). The molecule has 3 aromatic carbocycles. The molecule has 0 amide bonds. The number of hydrogen-bond acceptors (Lipinski definition) is 7. The Bertz CT molecular complexity index is 1870. The molecule has 3 aromatic heterocycles. The van der Waals surface area contributed by atoms with E-state index < -0.39 is 0 Å². The Morgan fingerprint density at radius 2 is 1.60 bits per heavy atom. The lowest BCUT2D eigenvalue weighted by Crippen LogP contribution is -2.15. The van der Waals surface area contributed by atoms with E-state index in [1.54, 1.807) is 38.0 Å². The Hall–Kier alpha value is -5.15. The second kappa shape index (κ2) is 11.8. The van der Waals surface area contributed by atoms with Crippen molar-refractivity contribution in [3.05, 3.63) is 114 Å². The Morgan fingerprint density at radius 1 is 0.810 bits per heavy atom. The maximum atomic E-state index is 15.5. The molecule has 3 N–H and O–H groups in total. The predicted octanol–water partition coefficient (Wildman–Crippen LogP) is 6.88. The first kappa shape index (κ1) is 27.0. The van der Waals surface area contributed by atoms with Gasteiger partial charge in [0.2, 0.25) is 0 Å². The van der Waals surface area contributed by atoms with Gasteiger partial charge in [0.1, 0.15) is 17.1 Å². The average molecular weight is 560 g/mol. The zero-order valence-electron chi connectivity index (χ0n) is 23.6. The van der Waals surface area contributed by atoms with E-state index in [2.05, 4.69) is 61.8 Å². The molecule has 0 unspecified atom stereocenters. The van der Waals surface area contributed by atoms with Gasteiger partial charge in [-0.25, -0.2) is 14.4 Å². The van der Waals surface area contributed by atoms with E-state index in [1.165, 1.54) is 0 Å². The number of aromatic amines is 1. The topological polar surface area (TPSA) is 101 Å². The van der Waals surface area contributed by atoms with Crippen LogP contribution in [0.25, 0.3) is 33.3 Å². The highest BCUT2D eigenvalue weighted by Gasteiger charge is 2.17. The lowest BCUT2D eigenvalue weighted by molar-refractivity contribution is 0.402. The van der Waals surface area contributed by atoms with Crippen LogP contribution in [0.15, 0.2) is 85.5 Å². The molecule has 0 spiro atoms. The van der Waals surface area contributed by atoms with Crippen LogP contribution in [0, 0.1) is 19.7 Å². The minimum atomic E-state index is -0.320. The van der Waals surface area contributed by atoms with Gasteiger partial charge in [-0.15, -0.1) is 0 Å². The Morgan fingerprint density at radius 3 is 2.40 bits per heavy atom. The number of halogens is 1. The van der Waals surface area contributed by atoms with Crippen molar-refractivity contribution in [2.75, 3.05) is 12.4 Å². The van der Waals surface area contributed by atoms with E-state index in [-0.39, 0.29) is 5.82 Å². The number of ether oxygens (including phenoxy) is 1. The number of fused-ring (bicyclic) bond motifs is 1. The number of H-pyrrole nitrogens is 1. The average Bonchev–Trinajstić information content (AvgIpc) is 3.53. The molecule has 0 aliphatic heterocycles. The SMILES string of the molecule is COc1cc(-c2cccc(-c3cccc(Nc4nccc5nccnc45)c3C)c2C)cc(F)c1CNCc1ccn[nH]1. The van der Waals surface area contributed by atoms with E-state index in [0.717, 1.165) is 50.3 Å². The van der Waals surface area contributed by atoms with Gasteiger partial charge in [-0.3, -0.25) is 10.1 Å². The molecule has 0 saturated carbocycles. The van der Waals surface area contributed by atoms with Crippen LogP contribution in [0.2, 0.25) is 0 Å². The molecule has 0 radical (unpaired) electrons. The minimum absolute atomic E-state index is 0.320. The molecule has 6 rings (SSSR count). The van der Waals surface area contributed by atoms with Gasteiger partial charge < -0.3 is 15.4 Å². The van der Waals surface area contributed by atoms with Crippen LogP contribution in [0.5, 0.6) is 5.75 Å². The van der Waals surface area contributed by atoms with Crippen LogP contribution in [-0.2, 0) is 13.1 Å². The fourth-order valence-corrected chi connectivity index (χ4v) is 5.24. The smallest absolute Gasteiger partial charge is 0.158 e. The highest BCUT2D eigenvalue weighted by atomic mass is 19.1. The molecule has 0 saturated heterocycles. The summed E-state index contributed by atoms with van der Waals surface area (Å²) >= 11 is 0. The van der Waals surface area contributed by atoms with Crippen molar-refractivity contribution in [1.29, 1.82) is 0 Å². The molecule has 0 aliphatic carbocycles. The number of nitrogens with one attached hydrogen (secondary N) is 3. The first-order valence-electron chi connectivity index (χ1n) is 13.6. The third-order valence-corrected chi connectivity index (χ3v) is 7.46. The van der Waals surface area contributed by atoms with Crippen LogP contribution in [0.4, 0.5) is 15.9 Å².